The van der Waals surface area contributed by atoms with Gasteiger partial charge in [-0.05, 0) is 36.8 Å². The van der Waals surface area contributed by atoms with Crippen LogP contribution in [0, 0.1) is 5.82 Å². The lowest BCUT2D eigenvalue weighted by atomic mass is 10.2. The smallest absolute Gasteiger partial charge is 0.180 e. The molecule has 0 aliphatic rings. The summed E-state index contributed by atoms with van der Waals surface area (Å²) >= 11 is 6.05. The fraction of sp³-hybridized carbons (Fsp3) is 0.188. The molecule has 0 N–H and O–H groups in total. The average Bonchev–Trinajstić information content (AvgIpc) is 2.48. The van der Waals surface area contributed by atoms with Crippen LogP contribution in [0.5, 0.6) is 11.5 Å². The molecule has 22 heavy (non-hydrogen) atoms. The van der Waals surface area contributed by atoms with Crippen molar-refractivity contribution in [1.82, 2.24) is 0 Å². The first kappa shape index (κ1) is 16.1. The molecule has 0 radical (unpaired) electrons. The zero-order valence-corrected chi connectivity index (χ0v) is 12.5. The number of benzene rings is 2. The number of ether oxygens (including phenoxy) is 2. The quantitative estimate of drug-likeness (QED) is 0.820. The Balaban J connectivity index is 2.25. The molecule has 0 unspecified atom stereocenters. The van der Waals surface area contributed by atoms with E-state index in [4.69, 9.17) is 21.1 Å². The van der Waals surface area contributed by atoms with Crippen molar-refractivity contribution in [3.8, 4) is 11.5 Å². The van der Waals surface area contributed by atoms with Gasteiger partial charge in [0, 0.05) is 5.56 Å². The monoisotopic (exact) mass is 323 g/mol. The van der Waals surface area contributed by atoms with Gasteiger partial charge in [0.05, 0.1) is 17.6 Å². The number of carbonyl (C=O) groups excluding carboxylic acids is 1. The standard InChI is InChI=1S/C16H14ClFO4/c1-2-21-14-8-11(16(19)20)7-13(17)15(14)22-9-10-3-5-12(18)6-4-10/h3-8H,2,9H2,1H3,(H,19,20)/p-1. The van der Waals surface area contributed by atoms with E-state index in [9.17, 15) is 14.3 Å². The molecule has 0 saturated heterocycles. The second-order valence-corrected chi connectivity index (χ2v) is 4.83. The minimum atomic E-state index is -1.35. The predicted octanol–water partition coefficient (Wildman–Crippen LogP) is 2.82. The molecule has 116 valence electrons. The summed E-state index contributed by atoms with van der Waals surface area (Å²) in [6, 6.07) is 8.34. The van der Waals surface area contributed by atoms with Gasteiger partial charge in [0.1, 0.15) is 12.4 Å². The summed E-state index contributed by atoms with van der Waals surface area (Å²) in [4.78, 5) is 10.9. The van der Waals surface area contributed by atoms with E-state index in [-0.39, 0.29) is 34.5 Å². The maximum atomic E-state index is 12.9. The molecule has 6 heteroatoms. The minimum absolute atomic E-state index is 0.0948. The Morgan fingerprint density at radius 2 is 1.91 bits per heavy atom. The summed E-state index contributed by atoms with van der Waals surface area (Å²) in [6.45, 7) is 2.22. The normalized spacial score (nSPS) is 10.3. The second kappa shape index (κ2) is 7.13. The van der Waals surface area contributed by atoms with Crippen LogP contribution in [0.15, 0.2) is 36.4 Å². The molecule has 0 fully saturated rings. The molecule has 0 atom stereocenters. The molecular formula is C16H13ClFO4-. The third kappa shape index (κ3) is 3.89. The first-order chi connectivity index (χ1) is 10.5. The number of carboxylic acid groups (broad SMARTS) is 1. The van der Waals surface area contributed by atoms with Gasteiger partial charge in [-0.1, -0.05) is 23.7 Å². The van der Waals surface area contributed by atoms with Gasteiger partial charge >= 0.3 is 0 Å². The van der Waals surface area contributed by atoms with Crippen molar-refractivity contribution in [1.29, 1.82) is 0 Å². The summed E-state index contributed by atoms with van der Waals surface area (Å²) in [5, 5.41) is 11.0. The van der Waals surface area contributed by atoms with Gasteiger partial charge in [0.2, 0.25) is 0 Å². The fourth-order valence-electron chi connectivity index (χ4n) is 1.82. The molecule has 0 aromatic heterocycles. The largest absolute Gasteiger partial charge is 0.545 e. The Morgan fingerprint density at radius 3 is 2.50 bits per heavy atom. The molecule has 0 heterocycles. The SMILES string of the molecule is CCOc1cc(C(=O)[O-])cc(Cl)c1OCc1ccc(F)cc1. The highest BCUT2D eigenvalue weighted by Crippen LogP contribution is 2.37. The van der Waals surface area contributed by atoms with Crippen LogP contribution >= 0.6 is 11.6 Å². The Morgan fingerprint density at radius 1 is 1.23 bits per heavy atom. The summed E-state index contributed by atoms with van der Waals surface area (Å²) < 4.78 is 23.8. The molecule has 0 spiro atoms. The van der Waals surface area contributed by atoms with Crippen LogP contribution in [0.1, 0.15) is 22.8 Å². The van der Waals surface area contributed by atoms with Crippen LogP contribution in [0.3, 0.4) is 0 Å². The van der Waals surface area contributed by atoms with Gasteiger partial charge in [-0.2, -0.15) is 0 Å². The number of rotatable bonds is 6. The van der Waals surface area contributed by atoms with Gasteiger partial charge in [0.25, 0.3) is 0 Å². The average molecular weight is 324 g/mol. The lowest BCUT2D eigenvalue weighted by Gasteiger charge is -2.15. The van der Waals surface area contributed by atoms with Gasteiger partial charge in [-0.25, -0.2) is 4.39 Å². The summed E-state index contributed by atoms with van der Waals surface area (Å²) in [5.74, 6) is -1.24. The minimum Gasteiger partial charge on any atom is -0.545 e. The van der Waals surface area contributed by atoms with Crippen LogP contribution in [-0.2, 0) is 6.61 Å². The Labute approximate surface area is 132 Å². The Bertz CT molecular complexity index is 671. The van der Waals surface area contributed by atoms with E-state index < -0.39 is 5.97 Å². The van der Waals surface area contributed by atoms with Gasteiger partial charge in [-0.3, -0.25) is 0 Å². The first-order valence-electron chi connectivity index (χ1n) is 6.56. The van der Waals surface area contributed by atoms with E-state index in [0.29, 0.717) is 6.61 Å². The van der Waals surface area contributed by atoms with Crippen molar-refractivity contribution in [2.24, 2.45) is 0 Å². The zero-order valence-electron chi connectivity index (χ0n) is 11.8. The molecule has 2 rings (SSSR count). The Hall–Kier alpha value is -2.27. The highest BCUT2D eigenvalue weighted by molar-refractivity contribution is 6.32. The number of hydrogen-bond acceptors (Lipinski definition) is 4. The van der Waals surface area contributed by atoms with Gasteiger partial charge in [0.15, 0.2) is 11.5 Å². The topological polar surface area (TPSA) is 58.6 Å². The maximum absolute atomic E-state index is 12.9. The molecule has 0 aliphatic heterocycles. The first-order valence-corrected chi connectivity index (χ1v) is 6.94. The van der Waals surface area contributed by atoms with Crippen LogP contribution in [-0.4, -0.2) is 12.6 Å². The van der Waals surface area contributed by atoms with E-state index >= 15 is 0 Å². The van der Waals surface area contributed by atoms with Crippen molar-refractivity contribution in [2.45, 2.75) is 13.5 Å². The molecule has 4 nitrogen and oxygen atoms in total. The van der Waals surface area contributed by atoms with Crippen LogP contribution in [0.25, 0.3) is 0 Å². The van der Waals surface area contributed by atoms with Crippen LogP contribution < -0.4 is 14.6 Å². The predicted molar refractivity (Wildman–Crippen MR) is 77.7 cm³/mol. The van der Waals surface area contributed by atoms with Crippen molar-refractivity contribution >= 4 is 17.6 Å². The molecule has 0 saturated carbocycles. The maximum Gasteiger partial charge on any atom is 0.180 e. The number of hydrogen-bond donors (Lipinski definition) is 0. The molecule has 0 amide bonds. The van der Waals surface area contributed by atoms with Crippen molar-refractivity contribution in [2.75, 3.05) is 6.61 Å². The van der Waals surface area contributed by atoms with E-state index in [1.807, 2.05) is 0 Å². The van der Waals surface area contributed by atoms with Crippen molar-refractivity contribution in [3.05, 3.63) is 58.4 Å². The summed E-state index contributed by atoms with van der Waals surface area (Å²) in [5.41, 5.74) is 0.645. The van der Waals surface area contributed by atoms with Gasteiger partial charge in [-0.15, -0.1) is 0 Å². The number of carboxylic acids is 1. The lowest BCUT2D eigenvalue weighted by molar-refractivity contribution is -0.255. The summed E-state index contributed by atoms with van der Waals surface area (Å²) in [7, 11) is 0. The van der Waals surface area contributed by atoms with E-state index in [2.05, 4.69) is 0 Å². The van der Waals surface area contributed by atoms with Gasteiger partial charge < -0.3 is 19.4 Å². The second-order valence-electron chi connectivity index (χ2n) is 4.42. The molecule has 2 aromatic carbocycles. The van der Waals surface area contributed by atoms with E-state index in [0.717, 1.165) is 5.56 Å². The van der Waals surface area contributed by atoms with Crippen molar-refractivity contribution < 1.29 is 23.8 Å². The lowest BCUT2D eigenvalue weighted by Crippen LogP contribution is -2.22. The van der Waals surface area contributed by atoms with E-state index in [1.54, 1.807) is 19.1 Å². The van der Waals surface area contributed by atoms with Crippen LogP contribution in [0.4, 0.5) is 4.39 Å². The van der Waals surface area contributed by atoms with Crippen LogP contribution in [0.2, 0.25) is 5.02 Å². The highest BCUT2D eigenvalue weighted by Gasteiger charge is 2.13. The molecular weight excluding hydrogens is 311 g/mol. The van der Waals surface area contributed by atoms with E-state index in [1.165, 1.54) is 24.3 Å². The number of halogens is 2. The Kier molecular flexibility index (Phi) is 5.22. The third-order valence-electron chi connectivity index (χ3n) is 2.84. The molecule has 0 bridgehead atoms. The zero-order chi connectivity index (χ0) is 16.1. The number of aromatic carboxylic acids is 1. The molecule has 2 aromatic rings. The third-order valence-corrected chi connectivity index (χ3v) is 3.12. The van der Waals surface area contributed by atoms with Crippen molar-refractivity contribution in [3.63, 3.8) is 0 Å². The number of carbonyl (C=O) groups is 1. The highest BCUT2D eigenvalue weighted by atomic mass is 35.5. The summed E-state index contributed by atoms with van der Waals surface area (Å²) in [6.07, 6.45) is 0. The molecule has 0 aliphatic carbocycles. The fourth-order valence-corrected chi connectivity index (χ4v) is 2.09.